The molecule has 0 saturated heterocycles. The number of rotatable bonds is 10. The molecule has 5 heteroatoms. The van der Waals surface area contributed by atoms with Gasteiger partial charge in [-0.25, -0.2) is 0 Å². The number of methoxy groups -OCH3 is 1. The van der Waals surface area contributed by atoms with Gasteiger partial charge in [0.2, 0.25) is 5.91 Å². The molecule has 0 radical (unpaired) electrons. The fourth-order valence-electron chi connectivity index (χ4n) is 2.61. The summed E-state index contributed by atoms with van der Waals surface area (Å²) in [5.41, 5.74) is 1.07. The van der Waals surface area contributed by atoms with Crippen molar-refractivity contribution < 1.29 is 19.4 Å². The Balaban J connectivity index is 2.45. The molecule has 2 unspecified atom stereocenters. The lowest BCUT2D eigenvalue weighted by Gasteiger charge is -2.16. The molecule has 0 aliphatic rings. The van der Waals surface area contributed by atoms with E-state index in [4.69, 9.17) is 9.84 Å². The topological polar surface area (TPSA) is 75.6 Å². The molecule has 0 saturated carbocycles. The van der Waals surface area contributed by atoms with Crippen LogP contribution in [0.3, 0.4) is 0 Å². The number of hydrogen-bond donors (Lipinski definition) is 2. The molecule has 1 aromatic carbocycles. The Kier molecular flexibility index (Phi) is 8.16. The lowest BCUT2D eigenvalue weighted by molar-refractivity contribution is -0.141. The molecule has 5 nitrogen and oxygen atoms in total. The Labute approximate surface area is 138 Å². The summed E-state index contributed by atoms with van der Waals surface area (Å²) >= 11 is 0. The van der Waals surface area contributed by atoms with Crippen LogP contribution in [0, 0.1) is 11.8 Å². The molecule has 1 aromatic rings. The second-order valence-corrected chi connectivity index (χ2v) is 5.95. The average molecular weight is 321 g/mol. The van der Waals surface area contributed by atoms with Gasteiger partial charge in [0.05, 0.1) is 13.0 Å². The second kappa shape index (κ2) is 9.87. The molecule has 0 aromatic heterocycles. The van der Waals surface area contributed by atoms with Gasteiger partial charge in [0.25, 0.3) is 0 Å². The van der Waals surface area contributed by atoms with Crippen LogP contribution < -0.4 is 10.1 Å². The third kappa shape index (κ3) is 6.72. The lowest BCUT2D eigenvalue weighted by atomic mass is 9.97. The van der Waals surface area contributed by atoms with E-state index >= 15 is 0 Å². The van der Waals surface area contributed by atoms with E-state index in [-0.39, 0.29) is 18.4 Å². The van der Waals surface area contributed by atoms with Crippen LogP contribution in [0.25, 0.3) is 0 Å². The number of aliphatic carboxylic acids is 1. The highest BCUT2D eigenvalue weighted by Crippen LogP contribution is 2.22. The molecule has 0 aliphatic carbocycles. The van der Waals surface area contributed by atoms with Gasteiger partial charge in [0, 0.05) is 13.0 Å². The van der Waals surface area contributed by atoms with Crippen LogP contribution in [-0.4, -0.2) is 30.6 Å². The molecule has 0 fully saturated rings. The summed E-state index contributed by atoms with van der Waals surface area (Å²) in [4.78, 5) is 23.1. The van der Waals surface area contributed by atoms with Crippen LogP contribution in [-0.2, 0) is 16.0 Å². The van der Waals surface area contributed by atoms with Crippen LogP contribution >= 0.6 is 0 Å². The van der Waals surface area contributed by atoms with Crippen LogP contribution in [0.2, 0.25) is 0 Å². The first-order chi connectivity index (χ1) is 11.0. The Bertz CT molecular complexity index is 515. The normalized spacial score (nSPS) is 13.2. The number of carbonyl (C=O) groups is 2. The van der Waals surface area contributed by atoms with E-state index in [0.717, 1.165) is 24.2 Å². The number of benzene rings is 1. The van der Waals surface area contributed by atoms with Crippen molar-refractivity contribution in [2.75, 3.05) is 13.7 Å². The van der Waals surface area contributed by atoms with Gasteiger partial charge in [-0.3, -0.25) is 9.59 Å². The first-order valence-corrected chi connectivity index (χ1v) is 8.09. The number of carbonyl (C=O) groups excluding carboxylic acids is 1. The first-order valence-electron chi connectivity index (χ1n) is 8.09. The molecule has 2 atom stereocenters. The van der Waals surface area contributed by atoms with Crippen LogP contribution in [0.5, 0.6) is 5.75 Å². The number of carboxylic acids is 1. The molecule has 2 N–H and O–H groups in total. The number of ether oxygens (including phenoxy) is 1. The van der Waals surface area contributed by atoms with E-state index in [9.17, 15) is 9.59 Å². The van der Waals surface area contributed by atoms with Gasteiger partial charge in [0.15, 0.2) is 0 Å². The van der Waals surface area contributed by atoms with E-state index < -0.39 is 11.9 Å². The highest BCUT2D eigenvalue weighted by atomic mass is 16.5. The Morgan fingerprint density at radius 2 is 2.00 bits per heavy atom. The maximum Gasteiger partial charge on any atom is 0.308 e. The van der Waals surface area contributed by atoms with E-state index in [0.29, 0.717) is 12.8 Å². The smallest absolute Gasteiger partial charge is 0.308 e. The minimum Gasteiger partial charge on any atom is -0.496 e. The van der Waals surface area contributed by atoms with Crippen molar-refractivity contribution >= 4 is 11.9 Å². The minimum atomic E-state index is -0.853. The van der Waals surface area contributed by atoms with E-state index in [2.05, 4.69) is 5.32 Å². The van der Waals surface area contributed by atoms with Gasteiger partial charge >= 0.3 is 5.97 Å². The van der Waals surface area contributed by atoms with Crippen LogP contribution in [0.1, 0.15) is 38.7 Å². The predicted octanol–water partition coefficient (Wildman–Crippen LogP) is 2.88. The molecule has 1 rings (SSSR count). The molecule has 0 aliphatic heterocycles. The van der Waals surface area contributed by atoms with Crippen molar-refractivity contribution in [1.29, 1.82) is 0 Å². The highest BCUT2D eigenvalue weighted by Gasteiger charge is 2.18. The monoisotopic (exact) mass is 321 g/mol. The predicted molar refractivity (Wildman–Crippen MR) is 89.5 cm³/mol. The highest BCUT2D eigenvalue weighted by molar-refractivity contribution is 5.77. The molecular formula is C18H27NO4. The fourth-order valence-corrected chi connectivity index (χ4v) is 2.61. The van der Waals surface area contributed by atoms with Crippen molar-refractivity contribution in [2.24, 2.45) is 11.8 Å². The summed E-state index contributed by atoms with van der Waals surface area (Å²) < 4.78 is 5.32. The van der Waals surface area contributed by atoms with E-state index in [1.165, 1.54) is 0 Å². The summed E-state index contributed by atoms with van der Waals surface area (Å²) in [5.74, 6) is -0.480. The van der Waals surface area contributed by atoms with Crippen molar-refractivity contribution in [3.63, 3.8) is 0 Å². The summed E-state index contributed by atoms with van der Waals surface area (Å²) in [6, 6.07) is 7.77. The van der Waals surface area contributed by atoms with E-state index in [1.807, 2.05) is 38.1 Å². The summed E-state index contributed by atoms with van der Waals surface area (Å²) in [7, 11) is 1.63. The van der Waals surface area contributed by atoms with Gasteiger partial charge in [-0.1, -0.05) is 38.5 Å². The zero-order valence-electron chi connectivity index (χ0n) is 14.2. The molecule has 0 bridgehead atoms. The molecule has 0 spiro atoms. The van der Waals surface area contributed by atoms with Crippen LogP contribution in [0.15, 0.2) is 24.3 Å². The van der Waals surface area contributed by atoms with Gasteiger partial charge in [0.1, 0.15) is 5.75 Å². The van der Waals surface area contributed by atoms with Gasteiger partial charge < -0.3 is 15.2 Å². The maximum atomic E-state index is 12.0. The number of para-hydroxylation sites is 1. The van der Waals surface area contributed by atoms with Crippen molar-refractivity contribution in [3.05, 3.63) is 29.8 Å². The standard InChI is InChI=1S/C18H27NO4/c1-4-7-15(18(21)22)12-19-17(20)11-13(2)10-14-8-5-6-9-16(14)23-3/h5-6,8-9,13,15H,4,7,10-12H2,1-3H3,(H,19,20)(H,21,22). The number of carboxylic acid groups (broad SMARTS) is 1. The Morgan fingerprint density at radius 3 is 2.61 bits per heavy atom. The zero-order chi connectivity index (χ0) is 17.2. The van der Waals surface area contributed by atoms with Crippen molar-refractivity contribution in [2.45, 2.75) is 39.5 Å². The quantitative estimate of drug-likeness (QED) is 0.695. The number of nitrogens with one attached hydrogen (secondary N) is 1. The van der Waals surface area contributed by atoms with Gasteiger partial charge in [-0.2, -0.15) is 0 Å². The Hall–Kier alpha value is -2.04. The second-order valence-electron chi connectivity index (χ2n) is 5.95. The molecular weight excluding hydrogens is 294 g/mol. The molecule has 1 amide bonds. The average Bonchev–Trinajstić information content (AvgIpc) is 2.51. The lowest BCUT2D eigenvalue weighted by Crippen LogP contribution is -2.33. The van der Waals surface area contributed by atoms with Crippen molar-refractivity contribution in [3.8, 4) is 5.75 Å². The third-order valence-corrected chi connectivity index (χ3v) is 3.83. The minimum absolute atomic E-state index is 0.102. The van der Waals surface area contributed by atoms with Crippen molar-refractivity contribution in [1.82, 2.24) is 5.32 Å². The zero-order valence-corrected chi connectivity index (χ0v) is 14.2. The molecule has 128 valence electrons. The summed E-state index contributed by atoms with van der Waals surface area (Å²) in [6.45, 7) is 4.14. The van der Waals surface area contributed by atoms with Gasteiger partial charge in [-0.15, -0.1) is 0 Å². The third-order valence-electron chi connectivity index (χ3n) is 3.83. The van der Waals surface area contributed by atoms with Crippen LogP contribution in [0.4, 0.5) is 0 Å². The molecule has 0 heterocycles. The SMILES string of the molecule is CCCC(CNC(=O)CC(C)Cc1ccccc1OC)C(=O)O. The van der Waals surface area contributed by atoms with E-state index in [1.54, 1.807) is 7.11 Å². The summed E-state index contributed by atoms with van der Waals surface area (Å²) in [5, 5.41) is 11.8. The molecule has 23 heavy (non-hydrogen) atoms. The number of hydrogen-bond acceptors (Lipinski definition) is 3. The first kappa shape index (κ1) is 19.0. The van der Waals surface area contributed by atoms with Gasteiger partial charge in [-0.05, 0) is 30.4 Å². The Morgan fingerprint density at radius 1 is 1.30 bits per heavy atom. The largest absolute Gasteiger partial charge is 0.496 e. The number of amides is 1. The maximum absolute atomic E-state index is 12.0. The summed E-state index contributed by atoms with van der Waals surface area (Å²) in [6.07, 6.45) is 2.48. The fraction of sp³-hybridized carbons (Fsp3) is 0.556.